The Morgan fingerprint density at radius 1 is 0.544 bits per heavy atom. The van der Waals surface area contributed by atoms with Gasteiger partial charge in [0.2, 0.25) is 0 Å². The molecule has 0 spiro atoms. The fourth-order valence-electron chi connectivity index (χ4n) is 13.8. The molecule has 10 nitrogen and oxygen atoms in total. The molecule has 0 aromatic heterocycles. The van der Waals surface area contributed by atoms with E-state index in [9.17, 15) is 19.2 Å². The Morgan fingerprint density at radius 2 is 1.00 bits per heavy atom. The van der Waals surface area contributed by atoms with Gasteiger partial charge in [-0.1, -0.05) is 32.6 Å². The van der Waals surface area contributed by atoms with Crippen LogP contribution in [0.3, 0.4) is 0 Å². The predicted octanol–water partition coefficient (Wildman–Crippen LogP) is 8.12. The lowest BCUT2D eigenvalue weighted by molar-refractivity contribution is -0.160. The molecule has 10 atom stereocenters. The molecule has 8 aliphatic carbocycles. The summed E-state index contributed by atoms with van der Waals surface area (Å²) in [5.74, 6) is 3.32. The highest BCUT2D eigenvalue weighted by atomic mass is 16.6. The van der Waals surface area contributed by atoms with Crippen LogP contribution in [0.5, 0.6) is 0 Å². The minimum absolute atomic E-state index is 0.0218. The Kier molecular flexibility index (Phi) is 13.9. The zero-order valence-corrected chi connectivity index (χ0v) is 35.1. The van der Waals surface area contributed by atoms with Crippen LogP contribution in [0.4, 0.5) is 0 Å². The molecule has 0 saturated heterocycles. The quantitative estimate of drug-likeness (QED) is 0.0898. The number of fused-ring (bicyclic) bond motifs is 9. The Hall–Kier alpha value is -2.20. The van der Waals surface area contributed by atoms with Crippen molar-refractivity contribution < 1.29 is 38.1 Å². The summed E-state index contributed by atoms with van der Waals surface area (Å²) < 4.78 is 23.9. The van der Waals surface area contributed by atoms with Crippen LogP contribution in [-0.4, -0.2) is 73.5 Å². The molecular formula is C47H74N2O8. The molecule has 10 heteroatoms. The first-order valence-electron chi connectivity index (χ1n) is 24.0. The van der Waals surface area contributed by atoms with E-state index in [1.807, 2.05) is 0 Å². The van der Waals surface area contributed by atoms with Gasteiger partial charge in [0.15, 0.2) is 0 Å². The molecule has 0 aromatic rings. The average molecular weight is 795 g/mol. The summed E-state index contributed by atoms with van der Waals surface area (Å²) in [6.07, 6.45) is 25.6. The Morgan fingerprint density at radius 3 is 1.49 bits per heavy atom. The normalized spacial score (nSPS) is 35.7. The van der Waals surface area contributed by atoms with Crippen molar-refractivity contribution >= 4 is 23.9 Å². The summed E-state index contributed by atoms with van der Waals surface area (Å²) in [4.78, 5) is 53.7. The fourth-order valence-corrected chi connectivity index (χ4v) is 13.8. The first kappa shape index (κ1) is 41.5. The molecule has 8 fully saturated rings. The summed E-state index contributed by atoms with van der Waals surface area (Å²) in [6.45, 7) is 3.87. The highest BCUT2D eigenvalue weighted by Gasteiger charge is 2.67. The van der Waals surface area contributed by atoms with Gasteiger partial charge in [-0.3, -0.25) is 19.2 Å². The van der Waals surface area contributed by atoms with Crippen molar-refractivity contribution in [1.29, 1.82) is 0 Å². The van der Waals surface area contributed by atoms with E-state index in [4.69, 9.17) is 18.9 Å². The molecule has 2 N–H and O–H groups in total. The molecule has 8 rings (SSSR count). The average Bonchev–Trinajstić information content (AvgIpc) is 3.99. The Labute approximate surface area is 342 Å². The molecule has 0 radical (unpaired) electrons. The van der Waals surface area contributed by atoms with E-state index in [1.165, 1.54) is 38.5 Å². The maximum atomic E-state index is 13.7. The molecule has 0 aliphatic heterocycles. The van der Waals surface area contributed by atoms with E-state index < -0.39 is 12.1 Å². The first-order chi connectivity index (χ1) is 27.7. The van der Waals surface area contributed by atoms with E-state index >= 15 is 0 Å². The van der Waals surface area contributed by atoms with Crippen molar-refractivity contribution in [3.8, 4) is 0 Å². The highest BCUT2D eigenvalue weighted by molar-refractivity contribution is 5.83. The first-order valence-corrected chi connectivity index (χ1v) is 24.0. The number of hydrogen-bond acceptors (Lipinski definition) is 10. The van der Waals surface area contributed by atoms with Gasteiger partial charge in [-0.25, -0.2) is 0 Å². The van der Waals surface area contributed by atoms with Crippen LogP contribution in [0.1, 0.15) is 174 Å². The highest BCUT2D eigenvalue weighted by Crippen LogP contribution is 2.72. The number of carbonyl (C=O) groups is 4. The van der Waals surface area contributed by atoms with E-state index in [0.717, 1.165) is 122 Å². The van der Waals surface area contributed by atoms with E-state index in [1.54, 1.807) is 0 Å². The van der Waals surface area contributed by atoms with Gasteiger partial charge >= 0.3 is 23.9 Å². The van der Waals surface area contributed by atoms with Gasteiger partial charge in [0.25, 0.3) is 0 Å². The van der Waals surface area contributed by atoms with Crippen LogP contribution in [0.25, 0.3) is 0 Å². The van der Waals surface area contributed by atoms with Crippen LogP contribution in [-0.2, 0) is 38.1 Å². The Bertz CT molecular complexity index is 1380. The van der Waals surface area contributed by atoms with Crippen LogP contribution in [0, 0.1) is 46.8 Å². The van der Waals surface area contributed by atoms with Crippen LogP contribution >= 0.6 is 0 Å². The summed E-state index contributed by atoms with van der Waals surface area (Å²) in [5, 5.41) is 7.21. The predicted molar refractivity (Wildman–Crippen MR) is 216 cm³/mol. The lowest BCUT2D eigenvalue weighted by Gasteiger charge is -2.47. The van der Waals surface area contributed by atoms with Crippen molar-refractivity contribution in [2.45, 2.75) is 210 Å². The zero-order chi connectivity index (χ0) is 39.4. The largest absolute Gasteiger partial charge is 0.462 e. The van der Waals surface area contributed by atoms with E-state index in [2.05, 4.69) is 17.6 Å². The molecule has 57 heavy (non-hydrogen) atoms. The zero-order valence-electron chi connectivity index (χ0n) is 35.1. The van der Waals surface area contributed by atoms with Crippen molar-refractivity contribution in [3.63, 3.8) is 0 Å². The molecule has 8 aliphatic rings. The van der Waals surface area contributed by atoms with Gasteiger partial charge in [0.1, 0.15) is 36.5 Å². The number of ether oxygens (including phenoxy) is 4. The third-order valence-corrected chi connectivity index (χ3v) is 16.5. The van der Waals surface area contributed by atoms with Crippen LogP contribution in [0.15, 0.2) is 0 Å². The van der Waals surface area contributed by atoms with Crippen molar-refractivity contribution in [3.05, 3.63) is 0 Å². The number of rotatable bonds is 16. The molecule has 10 unspecified atom stereocenters. The molecule has 0 aromatic carbocycles. The number of carbonyl (C=O) groups excluding carboxylic acids is 4. The second-order valence-corrected chi connectivity index (χ2v) is 20.5. The van der Waals surface area contributed by atoms with Gasteiger partial charge < -0.3 is 29.6 Å². The molecule has 0 heterocycles. The van der Waals surface area contributed by atoms with Crippen molar-refractivity contribution in [1.82, 2.24) is 10.6 Å². The topological polar surface area (TPSA) is 129 Å². The van der Waals surface area contributed by atoms with Crippen LogP contribution in [0.2, 0.25) is 0 Å². The minimum atomic E-state index is -0.678. The Balaban J connectivity index is 0.864. The lowest BCUT2D eigenvalue weighted by atomic mass is 9.60. The lowest BCUT2D eigenvalue weighted by Crippen LogP contribution is -2.50. The maximum Gasteiger partial charge on any atom is 0.324 e. The summed E-state index contributed by atoms with van der Waals surface area (Å²) >= 11 is 0. The second kappa shape index (κ2) is 19.0. The van der Waals surface area contributed by atoms with Crippen molar-refractivity contribution in [2.75, 3.05) is 13.1 Å². The third kappa shape index (κ3) is 10.1. The maximum absolute atomic E-state index is 13.7. The standard InChI is InChI=1S/C47H74N2O8/c1-47(29-49-40(46(53)57-36-20-12-5-13-21-36)26-42(51)55-34-16-8-3-9-17-34)27-31-24-38(47)44-30-22-32(37(23-30)43(31)44)28-48-39(45(52)56-35-18-10-4-11-19-35)25-41(50)54-33-14-6-2-7-15-33/h30-40,43-44,48-49H,2-29H2,1H3. The molecule has 320 valence electrons. The second-order valence-electron chi connectivity index (χ2n) is 20.5. The van der Waals surface area contributed by atoms with Crippen molar-refractivity contribution in [2.24, 2.45) is 46.8 Å². The monoisotopic (exact) mass is 795 g/mol. The fraction of sp³-hybridized carbons (Fsp3) is 0.915. The van der Waals surface area contributed by atoms with Gasteiger partial charge in [0, 0.05) is 6.54 Å². The minimum Gasteiger partial charge on any atom is -0.462 e. The van der Waals surface area contributed by atoms with E-state index in [0.29, 0.717) is 48.0 Å². The summed E-state index contributed by atoms with van der Waals surface area (Å²) in [6, 6.07) is -1.34. The van der Waals surface area contributed by atoms with Gasteiger partial charge in [-0.2, -0.15) is 0 Å². The third-order valence-electron chi connectivity index (χ3n) is 16.5. The van der Waals surface area contributed by atoms with E-state index in [-0.39, 0.29) is 66.5 Å². The molecule has 8 saturated carbocycles. The smallest absolute Gasteiger partial charge is 0.324 e. The van der Waals surface area contributed by atoms with Gasteiger partial charge in [-0.05, 0) is 182 Å². The van der Waals surface area contributed by atoms with Crippen LogP contribution < -0.4 is 10.6 Å². The van der Waals surface area contributed by atoms with Gasteiger partial charge in [-0.15, -0.1) is 0 Å². The molecular weight excluding hydrogens is 721 g/mol. The summed E-state index contributed by atoms with van der Waals surface area (Å²) in [5.41, 5.74) is 0.0629. The SMILES string of the molecule is CC1(CNC(CC(=O)OC2CCCCC2)C(=O)OC2CCCCC2)CC2CC1C1C3CC(CNC(CC(=O)OC4CCCCC4)C(=O)OC4CCCCC4)C(C3)C21. The number of hydrogen-bond donors (Lipinski definition) is 2. The number of esters is 4. The number of nitrogens with one attached hydrogen (secondary N) is 2. The molecule has 4 bridgehead atoms. The van der Waals surface area contributed by atoms with Gasteiger partial charge in [0.05, 0.1) is 12.8 Å². The molecule has 0 amide bonds. The summed E-state index contributed by atoms with van der Waals surface area (Å²) in [7, 11) is 0.